The van der Waals surface area contributed by atoms with Gasteiger partial charge in [-0.3, -0.25) is 0 Å². The van der Waals surface area contributed by atoms with Crippen molar-refractivity contribution >= 4 is 44.7 Å². The molecule has 2 aliphatic rings. The molecule has 0 aliphatic heterocycles. The van der Waals surface area contributed by atoms with Gasteiger partial charge < -0.3 is 0 Å². The lowest BCUT2D eigenvalue weighted by molar-refractivity contribution is 0.380. The second kappa shape index (κ2) is 12.7. The molecule has 0 fully saturated rings. The normalized spacial score (nSPS) is 13.5. The van der Waals surface area contributed by atoms with E-state index >= 15 is 52.7 Å². The second-order valence-electron chi connectivity index (χ2n) is 12.8. The van der Waals surface area contributed by atoms with Crippen molar-refractivity contribution < 1.29 is 65.9 Å². The summed E-state index contributed by atoms with van der Waals surface area (Å²) in [5, 5.41) is 0. The topological polar surface area (TPSA) is 0 Å². The lowest BCUT2D eigenvalue weighted by atomic mass is 9.11. The molecule has 0 amide bonds. The highest BCUT2D eigenvalue weighted by atomic mass is 19.2. The van der Waals surface area contributed by atoms with E-state index in [1.165, 1.54) is 48.5 Å². The van der Waals surface area contributed by atoms with E-state index in [0.29, 0.717) is 5.56 Å². The van der Waals surface area contributed by atoms with E-state index in [0.717, 1.165) is 12.1 Å². The maximum atomic E-state index is 16.6. The van der Waals surface area contributed by atoms with Gasteiger partial charge in [0.25, 0.3) is 0 Å². The number of rotatable bonds is 5. The van der Waals surface area contributed by atoms with Crippen molar-refractivity contribution in [2.45, 2.75) is 0 Å². The average molecular weight is 789 g/mol. The van der Waals surface area contributed by atoms with Gasteiger partial charge in [0.15, 0.2) is 52.4 Å². The van der Waals surface area contributed by atoms with Crippen molar-refractivity contribution in [3.05, 3.63) is 194 Å². The molecule has 6 aromatic carbocycles. The highest BCUT2D eigenvalue weighted by Gasteiger charge is 2.53. The minimum Gasteiger partial charge on any atom is -0.207 e. The van der Waals surface area contributed by atoms with E-state index in [4.69, 9.17) is 0 Å². The second-order valence-corrected chi connectivity index (χ2v) is 12.8. The Hall–Kier alpha value is -6.19. The maximum absolute atomic E-state index is 16.6. The lowest BCUT2D eigenvalue weighted by Gasteiger charge is -2.46. The van der Waals surface area contributed by atoms with E-state index in [1.54, 1.807) is 18.2 Å². The van der Waals surface area contributed by atoms with Crippen LogP contribution in [0.1, 0.15) is 27.8 Å². The molecule has 0 aromatic heterocycles. The predicted molar refractivity (Wildman–Crippen MR) is 175 cm³/mol. The van der Waals surface area contributed by atoms with Crippen LogP contribution in [0.25, 0.3) is 22.2 Å². The summed E-state index contributed by atoms with van der Waals surface area (Å²) in [5.41, 5.74) is -10.5. The van der Waals surface area contributed by atoms with Crippen LogP contribution in [0.5, 0.6) is 0 Å². The van der Waals surface area contributed by atoms with Crippen LogP contribution in [0, 0.1) is 87.3 Å². The van der Waals surface area contributed by atoms with Crippen molar-refractivity contribution in [2.24, 2.45) is 0 Å². The van der Waals surface area contributed by atoms with E-state index in [9.17, 15) is 13.2 Å². The van der Waals surface area contributed by atoms with Crippen molar-refractivity contribution in [3.63, 3.8) is 0 Å². The SMILES string of the molecule is Fc1c(F)c(F)c([B-](C2=C3C(=C(c4ccccc4)c4ccccc43)c3ccccc32)(c2c(F)c(F)c(F)c(F)c2F)c2c(F)c(F)c(F)c(F)c2F)c(F)c1F. The molecule has 0 saturated carbocycles. The zero-order valence-electron chi connectivity index (χ0n) is 27.3. The highest BCUT2D eigenvalue weighted by molar-refractivity contribution is 7.24. The van der Waals surface area contributed by atoms with Crippen LogP contribution in [-0.4, -0.2) is 6.15 Å². The Labute approximate surface area is 304 Å². The first-order chi connectivity index (χ1) is 26.6. The van der Waals surface area contributed by atoms with Crippen molar-refractivity contribution in [1.29, 1.82) is 0 Å². The fourth-order valence-electron chi connectivity index (χ4n) is 8.16. The molecule has 0 heterocycles. The molecule has 0 unspecified atom stereocenters. The molecule has 0 N–H and O–H groups in total. The summed E-state index contributed by atoms with van der Waals surface area (Å²) in [6.45, 7) is 0. The molecule has 6 aromatic rings. The first kappa shape index (κ1) is 36.8. The molecule has 0 atom stereocenters. The molecule has 56 heavy (non-hydrogen) atoms. The Morgan fingerprint density at radius 2 is 0.518 bits per heavy atom. The van der Waals surface area contributed by atoms with E-state index in [-0.39, 0.29) is 27.8 Å². The lowest BCUT2D eigenvalue weighted by Crippen LogP contribution is -2.74. The first-order valence-corrected chi connectivity index (χ1v) is 16.1. The third kappa shape index (κ3) is 4.55. The predicted octanol–water partition coefficient (Wildman–Crippen LogP) is 9.68. The number of benzene rings is 6. The highest BCUT2D eigenvalue weighted by Crippen LogP contribution is 2.59. The average Bonchev–Trinajstić information content (AvgIpc) is 3.72. The molecule has 282 valence electrons. The van der Waals surface area contributed by atoms with Gasteiger partial charge in [0, 0.05) is 0 Å². The number of allylic oxidation sites excluding steroid dienone is 2. The third-order valence-electron chi connectivity index (χ3n) is 10.2. The smallest absolute Gasteiger partial charge is 0.200 e. The van der Waals surface area contributed by atoms with Crippen LogP contribution in [0.4, 0.5) is 65.9 Å². The molecule has 0 radical (unpaired) electrons. The Bertz CT molecular complexity index is 2550. The van der Waals surface area contributed by atoms with Gasteiger partial charge in [-0.15, -0.1) is 16.4 Å². The number of halogens is 15. The molecule has 0 bridgehead atoms. The third-order valence-corrected chi connectivity index (χ3v) is 10.2. The zero-order valence-corrected chi connectivity index (χ0v) is 27.3. The Kier molecular flexibility index (Phi) is 8.33. The van der Waals surface area contributed by atoms with Crippen LogP contribution in [0.15, 0.2) is 78.9 Å². The van der Waals surface area contributed by atoms with Crippen molar-refractivity contribution in [1.82, 2.24) is 0 Å². The minimum atomic E-state index is -6.05. The summed E-state index contributed by atoms with van der Waals surface area (Å²) in [6, 6.07) is 17.7. The van der Waals surface area contributed by atoms with Gasteiger partial charge in [-0.2, -0.15) is 5.47 Å². The number of fused-ring (bicyclic) bond motifs is 5. The molecular weight excluding hydrogens is 776 g/mol. The van der Waals surface area contributed by atoms with Gasteiger partial charge in [-0.25, -0.2) is 65.9 Å². The number of hydrogen-bond acceptors (Lipinski definition) is 0. The molecule has 16 heteroatoms. The van der Waals surface area contributed by atoms with E-state index in [1.807, 2.05) is 0 Å². The zero-order chi connectivity index (χ0) is 40.3. The van der Waals surface area contributed by atoms with Gasteiger partial charge in [0.05, 0.1) is 0 Å². The van der Waals surface area contributed by atoms with Crippen molar-refractivity contribution in [2.75, 3.05) is 0 Å². The summed E-state index contributed by atoms with van der Waals surface area (Å²) >= 11 is 0. The molecule has 2 aliphatic carbocycles. The summed E-state index contributed by atoms with van der Waals surface area (Å²) in [7, 11) is 0. The maximum Gasteiger partial charge on any atom is 0.200 e. The quantitative estimate of drug-likeness (QED) is 0.0707. The van der Waals surface area contributed by atoms with Crippen LogP contribution >= 0.6 is 0 Å². The molecule has 0 nitrogen and oxygen atoms in total. The van der Waals surface area contributed by atoms with E-state index < -0.39 is 126 Å². The molecule has 0 spiro atoms. The van der Waals surface area contributed by atoms with Crippen LogP contribution in [0.3, 0.4) is 0 Å². The van der Waals surface area contributed by atoms with Crippen LogP contribution in [-0.2, 0) is 0 Å². The van der Waals surface area contributed by atoms with Gasteiger partial charge >= 0.3 is 0 Å². The Morgan fingerprint density at radius 1 is 0.250 bits per heavy atom. The van der Waals surface area contributed by atoms with Gasteiger partial charge in [-0.05, 0) is 39.0 Å². The van der Waals surface area contributed by atoms with Gasteiger partial charge in [-0.1, -0.05) is 84.4 Å². The molecular formula is C40H13BF15-. The summed E-state index contributed by atoms with van der Waals surface area (Å²) in [6.07, 6.45) is -6.05. The fraction of sp³-hybridized carbons (Fsp3) is 0. The summed E-state index contributed by atoms with van der Waals surface area (Å²) in [5.74, 6) is -45.7. The minimum absolute atomic E-state index is 0.133. The standard InChI is InChI=1S/C40H13BF15/c42-26-23(27(43)33(49)38(54)32(26)48)41(24-28(44)34(50)39(55)35(51)29(24)45,25-30(46)36(52)40(56)37(53)31(25)47)22-18-13-7-6-12-17(18)20-19(14-8-2-1-3-9-14)15-10-4-5-11-16(15)21(20)22/h1-13H/q-1. The number of hydrogen-bond donors (Lipinski definition) is 0. The van der Waals surface area contributed by atoms with Gasteiger partial charge in [0.1, 0.15) is 41.0 Å². The fourth-order valence-corrected chi connectivity index (χ4v) is 8.16. The monoisotopic (exact) mass is 789 g/mol. The van der Waals surface area contributed by atoms with Gasteiger partial charge in [0.2, 0.25) is 0 Å². The largest absolute Gasteiger partial charge is 0.207 e. The van der Waals surface area contributed by atoms with Crippen LogP contribution < -0.4 is 16.4 Å². The molecule has 8 rings (SSSR count). The molecule has 0 saturated heterocycles. The first-order valence-electron chi connectivity index (χ1n) is 16.1. The van der Waals surface area contributed by atoms with Crippen LogP contribution in [0.2, 0.25) is 0 Å². The van der Waals surface area contributed by atoms with E-state index in [2.05, 4.69) is 0 Å². The summed E-state index contributed by atoms with van der Waals surface area (Å²) in [4.78, 5) is 0. The van der Waals surface area contributed by atoms with Crippen molar-refractivity contribution in [3.8, 4) is 0 Å². The Morgan fingerprint density at radius 3 is 0.875 bits per heavy atom. The Balaban J connectivity index is 1.81. The summed E-state index contributed by atoms with van der Waals surface area (Å²) < 4.78 is 236.